The van der Waals surface area contributed by atoms with Crippen molar-refractivity contribution in [2.75, 3.05) is 13.6 Å². The van der Waals surface area contributed by atoms with Gasteiger partial charge >= 0.3 is 0 Å². The highest BCUT2D eigenvalue weighted by atomic mass is 32.2. The summed E-state index contributed by atoms with van der Waals surface area (Å²) in [4.78, 5) is 16.3. The normalized spacial score (nSPS) is 13.0. The van der Waals surface area contributed by atoms with Gasteiger partial charge in [0.1, 0.15) is 5.52 Å². The van der Waals surface area contributed by atoms with Gasteiger partial charge in [-0.05, 0) is 43.7 Å². The third-order valence-electron chi connectivity index (χ3n) is 4.72. The number of nitrogens with one attached hydrogen (secondary N) is 1. The van der Waals surface area contributed by atoms with Crippen LogP contribution in [0.4, 0.5) is 0 Å². The number of likely N-dealkylation sites (N-methyl/N-ethyl adjacent to an activating group) is 1. The minimum atomic E-state index is -3.85. The van der Waals surface area contributed by atoms with E-state index in [0.29, 0.717) is 11.2 Å². The fourth-order valence-electron chi connectivity index (χ4n) is 2.80. The number of benzene rings is 1. The lowest BCUT2D eigenvalue weighted by Crippen LogP contribution is -2.38. The Labute approximate surface area is 169 Å². The van der Waals surface area contributed by atoms with Crippen LogP contribution in [0.2, 0.25) is 0 Å². The van der Waals surface area contributed by atoms with Gasteiger partial charge in [-0.2, -0.15) is 4.31 Å². The van der Waals surface area contributed by atoms with E-state index in [1.807, 2.05) is 19.9 Å². The molecule has 154 valence electrons. The molecule has 0 aliphatic heterocycles. The van der Waals surface area contributed by atoms with Gasteiger partial charge in [0.15, 0.2) is 0 Å². The molecule has 3 rings (SSSR count). The van der Waals surface area contributed by atoms with E-state index in [1.165, 1.54) is 19.2 Å². The molecule has 0 spiro atoms. The second-order valence-electron chi connectivity index (χ2n) is 6.80. The molecule has 0 aliphatic rings. The number of hydrogen-bond donors (Lipinski definition) is 1. The van der Waals surface area contributed by atoms with Gasteiger partial charge in [-0.15, -0.1) is 5.10 Å². The van der Waals surface area contributed by atoms with E-state index < -0.39 is 15.9 Å². The predicted octanol–water partition coefficient (Wildman–Crippen LogP) is 1.73. The molecule has 2 aromatic heterocycles. The third kappa shape index (κ3) is 4.60. The number of pyridine rings is 1. The third-order valence-corrected chi connectivity index (χ3v) is 6.52. The lowest BCUT2D eigenvalue weighted by atomic mass is 10.2. The van der Waals surface area contributed by atoms with E-state index >= 15 is 0 Å². The van der Waals surface area contributed by atoms with Gasteiger partial charge in [0.2, 0.25) is 15.9 Å². The van der Waals surface area contributed by atoms with Crippen molar-refractivity contribution in [2.45, 2.75) is 37.8 Å². The van der Waals surface area contributed by atoms with Crippen LogP contribution in [0.5, 0.6) is 0 Å². The molecule has 9 nitrogen and oxygen atoms in total. The molecule has 0 bridgehead atoms. The van der Waals surface area contributed by atoms with Gasteiger partial charge in [0.25, 0.3) is 0 Å². The smallest absolute Gasteiger partial charge is 0.243 e. The zero-order valence-corrected chi connectivity index (χ0v) is 17.4. The van der Waals surface area contributed by atoms with E-state index in [9.17, 15) is 13.2 Å². The van der Waals surface area contributed by atoms with E-state index in [1.54, 1.807) is 29.1 Å². The van der Waals surface area contributed by atoms with Gasteiger partial charge in [-0.25, -0.2) is 13.1 Å². The minimum Gasteiger partial charge on any atom is -0.349 e. The van der Waals surface area contributed by atoms with Crippen LogP contribution in [0.1, 0.15) is 32.0 Å². The number of carbonyl (C=O) groups is 1. The Balaban J connectivity index is 1.71. The number of hydrogen-bond acceptors (Lipinski definition) is 6. The van der Waals surface area contributed by atoms with Gasteiger partial charge in [-0.1, -0.05) is 18.2 Å². The van der Waals surface area contributed by atoms with Gasteiger partial charge in [0.05, 0.1) is 35.2 Å². The number of fused-ring (bicyclic) bond motifs is 1. The molecule has 0 aliphatic carbocycles. The monoisotopic (exact) mass is 416 g/mol. The zero-order valence-electron chi connectivity index (χ0n) is 16.6. The average molecular weight is 417 g/mol. The molecule has 0 radical (unpaired) electrons. The first-order valence-electron chi connectivity index (χ1n) is 9.30. The second kappa shape index (κ2) is 8.66. The van der Waals surface area contributed by atoms with Gasteiger partial charge in [-0.3, -0.25) is 9.78 Å². The minimum absolute atomic E-state index is 0.0706. The summed E-state index contributed by atoms with van der Waals surface area (Å²) in [5.41, 5.74) is 1.97. The van der Waals surface area contributed by atoms with Crippen molar-refractivity contribution >= 4 is 27.0 Å². The van der Waals surface area contributed by atoms with E-state index in [2.05, 4.69) is 20.6 Å². The Morgan fingerprint density at radius 2 is 2.07 bits per heavy atom. The van der Waals surface area contributed by atoms with Crippen molar-refractivity contribution in [2.24, 2.45) is 0 Å². The number of aromatic nitrogens is 4. The Hall–Kier alpha value is -2.85. The van der Waals surface area contributed by atoms with Crippen molar-refractivity contribution in [3.63, 3.8) is 0 Å². The van der Waals surface area contributed by atoms with Gasteiger partial charge in [0, 0.05) is 13.2 Å². The highest BCUT2D eigenvalue weighted by Gasteiger charge is 2.24. The quantitative estimate of drug-likeness (QED) is 0.599. The molecular formula is C19H24N6O3S. The number of carbonyl (C=O) groups excluding carboxylic acids is 1. The summed E-state index contributed by atoms with van der Waals surface area (Å²) >= 11 is 0. The first-order chi connectivity index (χ1) is 13.8. The fourth-order valence-corrected chi connectivity index (χ4v) is 3.94. The van der Waals surface area contributed by atoms with Crippen LogP contribution in [-0.2, 0) is 21.4 Å². The maximum Gasteiger partial charge on any atom is 0.243 e. The standard InChI is InChI=1S/C19H24N6O3S/c1-4-14(2)25-18-9-8-16(11-17(18)22-23-25)29(27,28)24(3)13-19(26)21-12-15-7-5-6-10-20-15/h5-11,14H,4,12-13H2,1-3H3,(H,21,26). The molecule has 1 aromatic carbocycles. The molecule has 1 unspecified atom stereocenters. The lowest BCUT2D eigenvalue weighted by Gasteiger charge is -2.17. The lowest BCUT2D eigenvalue weighted by molar-refractivity contribution is -0.121. The largest absolute Gasteiger partial charge is 0.349 e. The molecule has 0 fully saturated rings. The van der Waals surface area contributed by atoms with Crippen LogP contribution in [-0.4, -0.2) is 52.2 Å². The molecule has 29 heavy (non-hydrogen) atoms. The summed E-state index contributed by atoms with van der Waals surface area (Å²) in [7, 11) is -2.47. The fraction of sp³-hybridized carbons (Fsp3) is 0.368. The van der Waals surface area contributed by atoms with Crippen LogP contribution in [0.15, 0.2) is 47.5 Å². The van der Waals surface area contributed by atoms with Crippen molar-refractivity contribution in [3.05, 3.63) is 48.3 Å². The molecule has 0 saturated carbocycles. The van der Waals surface area contributed by atoms with Crippen LogP contribution in [0.3, 0.4) is 0 Å². The number of rotatable bonds is 8. The zero-order chi connectivity index (χ0) is 21.0. The summed E-state index contributed by atoms with van der Waals surface area (Å²) < 4.78 is 28.5. The van der Waals surface area contributed by atoms with Crippen molar-refractivity contribution in [1.82, 2.24) is 29.6 Å². The van der Waals surface area contributed by atoms with Crippen LogP contribution in [0, 0.1) is 0 Å². The van der Waals surface area contributed by atoms with Crippen molar-refractivity contribution in [3.8, 4) is 0 Å². The topological polar surface area (TPSA) is 110 Å². The van der Waals surface area contributed by atoms with E-state index in [0.717, 1.165) is 16.2 Å². The number of nitrogens with zero attached hydrogens (tertiary/aromatic N) is 5. The molecule has 2 heterocycles. The SMILES string of the molecule is CCC(C)n1nnc2cc(S(=O)(=O)N(C)CC(=O)NCc3ccccn3)ccc21. The Morgan fingerprint density at radius 1 is 1.28 bits per heavy atom. The molecule has 1 amide bonds. The summed E-state index contributed by atoms with van der Waals surface area (Å²) in [6.45, 7) is 4.01. The highest BCUT2D eigenvalue weighted by Crippen LogP contribution is 2.22. The van der Waals surface area contributed by atoms with E-state index in [-0.39, 0.29) is 24.0 Å². The van der Waals surface area contributed by atoms with Crippen LogP contribution < -0.4 is 5.32 Å². The predicted molar refractivity (Wildman–Crippen MR) is 108 cm³/mol. The Kier molecular flexibility index (Phi) is 6.23. The Bertz CT molecular complexity index is 1100. The number of amides is 1. The van der Waals surface area contributed by atoms with Crippen LogP contribution in [0.25, 0.3) is 11.0 Å². The van der Waals surface area contributed by atoms with Crippen molar-refractivity contribution in [1.29, 1.82) is 0 Å². The second-order valence-corrected chi connectivity index (χ2v) is 8.85. The van der Waals surface area contributed by atoms with Crippen molar-refractivity contribution < 1.29 is 13.2 Å². The number of sulfonamides is 1. The van der Waals surface area contributed by atoms with Gasteiger partial charge < -0.3 is 5.32 Å². The first kappa shape index (κ1) is 20.9. The summed E-state index contributed by atoms with van der Waals surface area (Å²) in [6, 6.07) is 10.2. The summed E-state index contributed by atoms with van der Waals surface area (Å²) in [5, 5.41) is 10.9. The van der Waals surface area contributed by atoms with Crippen LogP contribution >= 0.6 is 0 Å². The molecule has 3 aromatic rings. The molecule has 10 heteroatoms. The molecular weight excluding hydrogens is 392 g/mol. The summed E-state index contributed by atoms with van der Waals surface area (Å²) in [5.74, 6) is -0.412. The average Bonchev–Trinajstić information content (AvgIpc) is 3.15. The highest BCUT2D eigenvalue weighted by molar-refractivity contribution is 7.89. The maximum absolute atomic E-state index is 12.9. The molecule has 1 N–H and O–H groups in total. The molecule has 1 atom stereocenters. The first-order valence-corrected chi connectivity index (χ1v) is 10.7. The van der Waals surface area contributed by atoms with E-state index in [4.69, 9.17) is 0 Å². The maximum atomic E-state index is 12.9. The Morgan fingerprint density at radius 3 is 2.76 bits per heavy atom. The summed E-state index contributed by atoms with van der Waals surface area (Å²) in [6.07, 6.45) is 2.51. The molecule has 0 saturated heterocycles.